The molecule has 7 heteroatoms. The molecule has 0 aliphatic rings. The van der Waals surface area contributed by atoms with Gasteiger partial charge in [0.15, 0.2) is 6.61 Å². The maximum absolute atomic E-state index is 12.0. The summed E-state index contributed by atoms with van der Waals surface area (Å²) < 4.78 is 10.5. The van der Waals surface area contributed by atoms with Crippen molar-refractivity contribution < 1.29 is 23.9 Å². The first-order chi connectivity index (χ1) is 14.3. The molecule has 0 radical (unpaired) electrons. The molecule has 2 rings (SSSR count). The van der Waals surface area contributed by atoms with E-state index in [-0.39, 0.29) is 18.9 Å². The van der Waals surface area contributed by atoms with Crippen molar-refractivity contribution in [2.45, 2.75) is 33.6 Å². The molecule has 0 fully saturated rings. The number of hydrogen-bond acceptors (Lipinski definition) is 5. The van der Waals surface area contributed by atoms with E-state index < -0.39 is 18.5 Å². The number of nitrogens with one attached hydrogen (secondary N) is 2. The Labute approximate surface area is 176 Å². The third-order valence-corrected chi connectivity index (χ3v) is 4.34. The summed E-state index contributed by atoms with van der Waals surface area (Å²) in [5, 5.41) is 5.21. The summed E-state index contributed by atoms with van der Waals surface area (Å²) >= 11 is 0. The summed E-state index contributed by atoms with van der Waals surface area (Å²) in [4.78, 5) is 35.5. The van der Waals surface area contributed by atoms with Gasteiger partial charge in [0.05, 0.1) is 13.2 Å². The number of anilines is 1. The van der Waals surface area contributed by atoms with Gasteiger partial charge in [-0.25, -0.2) is 0 Å². The number of benzene rings is 2. The van der Waals surface area contributed by atoms with Crippen LogP contribution < -0.4 is 15.4 Å². The summed E-state index contributed by atoms with van der Waals surface area (Å²) in [7, 11) is 0. The molecule has 30 heavy (non-hydrogen) atoms. The predicted molar refractivity (Wildman–Crippen MR) is 114 cm³/mol. The smallest absolute Gasteiger partial charge is 0.306 e. The quantitative estimate of drug-likeness (QED) is 0.462. The van der Waals surface area contributed by atoms with E-state index in [0.29, 0.717) is 13.0 Å². The van der Waals surface area contributed by atoms with Crippen LogP contribution in [0.3, 0.4) is 0 Å². The summed E-state index contributed by atoms with van der Waals surface area (Å²) in [6, 6.07) is 13.3. The molecular formula is C23H28N2O5. The molecule has 0 bridgehead atoms. The third-order valence-electron chi connectivity index (χ3n) is 4.34. The molecule has 2 aromatic carbocycles. The number of aryl methyl sites for hydroxylation is 3. The number of carbonyl (C=O) groups is 3. The highest BCUT2D eigenvalue weighted by Gasteiger charge is 2.11. The Bertz CT molecular complexity index is 875. The van der Waals surface area contributed by atoms with E-state index in [2.05, 4.69) is 10.6 Å². The lowest BCUT2D eigenvalue weighted by molar-refractivity contribution is -0.148. The zero-order valence-corrected chi connectivity index (χ0v) is 17.6. The maximum atomic E-state index is 12.0. The Hall–Kier alpha value is -3.35. The number of carbonyl (C=O) groups excluding carboxylic acids is 3. The molecule has 0 unspecified atom stereocenters. The van der Waals surface area contributed by atoms with Crippen LogP contribution in [0.5, 0.6) is 5.75 Å². The Kier molecular flexibility index (Phi) is 8.87. The number of amides is 2. The Morgan fingerprint density at radius 3 is 2.33 bits per heavy atom. The van der Waals surface area contributed by atoms with Crippen LogP contribution in [0.15, 0.2) is 42.5 Å². The van der Waals surface area contributed by atoms with E-state index in [0.717, 1.165) is 28.1 Å². The zero-order valence-electron chi connectivity index (χ0n) is 17.6. The van der Waals surface area contributed by atoms with Crippen LogP contribution in [-0.4, -0.2) is 37.5 Å². The highest BCUT2D eigenvalue weighted by atomic mass is 16.5. The van der Waals surface area contributed by atoms with E-state index >= 15 is 0 Å². The fourth-order valence-electron chi connectivity index (χ4n) is 2.75. The van der Waals surface area contributed by atoms with Gasteiger partial charge in [0.1, 0.15) is 5.75 Å². The molecule has 2 N–H and O–H groups in total. The lowest BCUT2D eigenvalue weighted by Crippen LogP contribution is -2.35. The number of hydrogen-bond donors (Lipinski definition) is 2. The molecule has 0 spiro atoms. The second kappa shape index (κ2) is 11.6. The van der Waals surface area contributed by atoms with Crippen LogP contribution in [0.2, 0.25) is 0 Å². The van der Waals surface area contributed by atoms with Crippen molar-refractivity contribution in [3.05, 3.63) is 59.2 Å². The first-order valence-electron chi connectivity index (χ1n) is 9.83. The molecule has 0 atom stereocenters. The minimum atomic E-state index is -0.531. The van der Waals surface area contributed by atoms with Crippen molar-refractivity contribution in [2.75, 3.05) is 25.1 Å². The highest BCUT2D eigenvalue weighted by molar-refractivity contribution is 5.96. The van der Waals surface area contributed by atoms with Gasteiger partial charge in [0.25, 0.3) is 5.91 Å². The summed E-state index contributed by atoms with van der Waals surface area (Å²) in [5.41, 5.74) is 3.71. The maximum Gasteiger partial charge on any atom is 0.306 e. The fourth-order valence-corrected chi connectivity index (χ4v) is 2.75. The fraction of sp³-hybridized carbons (Fsp3) is 0.348. The highest BCUT2D eigenvalue weighted by Crippen LogP contribution is 2.19. The van der Waals surface area contributed by atoms with E-state index in [9.17, 15) is 14.4 Å². The van der Waals surface area contributed by atoms with E-state index in [1.807, 2.05) is 63.2 Å². The monoisotopic (exact) mass is 412 g/mol. The standard InChI is InChI=1S/C23H28N2O5/c1-16-7-4-10-19(13-16)29-12-6-11-22(28)30-15-21(27)24-14-20(26)25-23-17(2)8-5-9-18(23)3/h4-5,7-10,13H,6,11-12,14-15H2,1-3H3,(H,24,27)(H,25,26). The molecule has 0 aliphatic heterocycles. The predicted octanol–water partition coefficient (Wildman–Crippen LogP) is 3.07. The van der Waals surface area contributed by atoms with E-state index in [1.54, 1.807) is 0 Å². The first kappa shape index (κ1) is 22.9. The summed E-state index contributed by atoms with van der Waals surface area (Å²) in [6.07, 6.45) is 0.624. The zero-order chi connectivity index (χ0) is 21.9. The lowest BCUT2D eigenvalue weighted by Gasteiger charge is -2.12. The van der Waals surface area contributed by atoms with Crippen LogP contribution in [-0.2, 0) is 19.1 Å². The minimum absolute atomic E-state index is 0.145. The van der Waals surface area contributed by atoms with Crippen LogP contribution in [0.1, 0.15) is 29.5 Å². The molecule has 2 amide bonds. The summed E-state index contributed by atoms with van der Waals surface area (Å²) in [5.74, 6) is -0.615. The number of para-hydroxylation sites is 1. The summed E-state index contributed by atoms with van der Waals surface area (Å²) in [6.45, 7) is 5.52. The molecule has 0 heterocycles. The largest absolute Gasteiger partial charge is 0.494 e. The molecular weight excluding hydrogens is 384 g/mol. The van der Waals surface area contributed by atoms with Crippen LogP contribution in [0.4, 0.5) is 5.69 Å². The van der Waals surface area contributed by atoms with Crippen molar-refractivity contribution in [2.24, 2.45) is 0 Å². The van der Waals surface area contributed by atoms with Crippen LogP contribution in [0.25, 0.3) is 0 Å². The Morgan fingerprint density at radius 1 is 0.933 bits per heavy atom. The van der Waals surface area contributed by atoms with Gasteiger partial charge in [-0.05, 0) is 56.0 Å². The lowest BCUT2D eigenvalue weighted by atomic mass is 10.1. The first-order valence-corrected chi connectivity index (χ1v) is 9.83. The van der Waals surface area contributed by atoms with Crippen molar-refractivity contribution in [1.82, 2.24) is 5.32 Å². The number of esters is 1. The van der Waals surface area contributed by atoms with Crippen molar-refractivity contribution in [3.8, 4) is 5.75 Å². The van der Waals surface area contributed by atoms with E-state index in [1.165, 1.54) is 0 Å². The SMILES string of the molecule is Cc1cccc(OCCCC(=O)OCC(=O)NCC(=O)Nc2c(C)cccc2C)c1. The molecule has 160 valence electrons. The Morgan fingerprint density at radius 2 is 1.63 bits per heavy atom. The second-order valence-electron chi connectivity index (χ2n) is 7.02. The van der Waals surface area contributed by atoms with Crippen molar-refractivity contribution in [3.63, 3.8) is 0 Å². The molecule has 0 saturated carbocycles. The molecule has 7 nitrogen and oxygen atoms in total. The van der Waals surface area contributed by atoms with Gasteiger partial charge in [-0.1, -0.05) is 30.3 Å². The minimum Gasteiger partial charge on any atom is -0.494 e. The van der Waals surface area contributed by atoms with Crippen LogP contribution in [0, 0.1) is 20.8 Å². The van der Waals surface area contributed by atoms with Crippen molar-refractivity contribution >= 4 is 23.5 Å². The molecule has 0 aliphatic carbocycles. The topological polar surface area (TPSA) is 93.7 Å². The Balaban J connectivity index is 1.59. The van der Waals surface area contributed by atoms with Gasteiger partial charge in [-0.3, -0.25) is 14.4 Å². The molecule has 0 saturated heterocycles. The van der Waals surface area contributed by atoms with Gasteiger partial charge in [0, 0.05) is 12.1 Å². The molecule has 0 aromatic heterocycles. The molecule has 2 aromatic rings. The second-order valence-corrected chi connectivity index (χ2v) is 7.02. The van der Waals surface area contributed by atoms with Crippen molar-refractivity contribution in [1.29, 1.82) is 0 Å². The van der Waals surface area contributed by atoms with Gasteiger partial charge >= 0.3 is 5.97 Å². The van der Waals surface area contributed by atoms with Crippen LogP contribution >= 0.6 is 0 Å². The van der Waals surface area contributed by atoms with E-state index in [4.69, 9.17) is 9.47 Å². The van der Waals surface area contributed by atoms with Gasteiger partial charge in [-0.2, -0.15) is 0 Å². The van der Waals surface area contributed by atoms with Gasteiger partial charge < -0.3 is 20.1 Å². The van der Waals surface area contributed by atoms with Gasteiger partial charge in [-0.15, -0.1) is 0 Å². The number of ether oxygens (including phenoxy) is 2. The average molecular weight is 412 g/mol. The van der Waals surface area contributed by atoms with Gasteiger partial charge in [0.2, 0.25) is 5.91 Å². The number of rotatable bonds is 10. The average Bonchev–Trinajstić information content (AvgIpc) is 2.71. The normalized spacial score (nSPS) is 10.2. The third kappa shape index (κ3) is 7.95.